The van der Waals surface area contributed by atoms with Crippen LogP contribution in [0.4, 0.5) is 11.4 Å². The van der Waals surface area contributed by atoms with Gasteiger partial charge in [0.2, 0.25) is 5.91 Å². The first-order chi connectivity index (χ1) is 16.1. The summed E-state index contributed by atoms with van der Waals surface area (Å²) in [6.45, 7) is 0.433. The molecule has 0 aliphatic rings. The van der Waals surface area contributed by atoms with Gasteiger partial charge in [-0.15, -0.1) is 10.2 Å². The fourth-order valence-corrected chi connectivity index (χ4v) is 4.08. The number of hydrogen-bond donors (Lipinski definition) is 2. The smallest absolute Gasteiger partial charge is 0.234 e. The number of aromatic nitrogens is 3. The van der Waals surface area contributed by atoms with E-state index in [0.29, 0.717) is 22.5 Å². The van der Waals surface area contributed by atoms with Crippen LogP contribution in [0.1, 0.15) is 5.82 Å². The number of carbonyl (C=O) groups excluding carboxylic acids is 1. The van der Waals surface area contributed by atoms with Gasteiger partial charge < -0.3 is 15.4 Å². The molecule has 2 N–H and O–H groups in total. The van der Waals surface area contributed by atoms with Gasteiger partial charge in [-0.05, 0) is 54.6 Å². The number of amides is 1. The second-order valence-corrected chi connectivity index (χ2v) is 8.38. The van der Waals surface area contributed by atoms with E-state index in [1.165, 1.54) is 11.8 Å². The number of carbonyl (C=O) groups is 1. The van der Waals surface area contributed by atoms with Crippen molar-refractivity contribution in [2.45, 2.75) is 11.7 Å². The van der Waals surface area contributed by atoms with Crippen LogP contribution in [0.25, 0.3) is 5.69 Å². The summed E-state index contributed by atoms with van der Waals surface area (Å²) in [6, 6.07) is 24.4. The Hall–Kier alpha value is -3.49. The highest BCUT2D eigenvalue weighted by Crippen LogP contribution is 2.25. The number of hydrogen-bond acceptors (Lipinski definition) is 6. The molecular formula is C24H22ClN5O2S. The van der Waals surface area contributed by atoms with E-state index in [4.69, 9.17) is 16.3 Å². The van der Waals surface area contributed by atoms with Crippen molar-refractivity contribution >= 4 is 40.6 Å². The number of thioether (sulfide) groups is 1. The van der Waals surface area contributed by atoms with Gasteiger partial charge >= 0.3 is 0 Å². The number of methoxy groups -OCH3 is 1. The fraction of sp³-hybridized carbons (Fsp3) is 0.125. The third kappa shape index (κ3) is 6.06. The minimum Gasteiger partial charge on any atom is -0.497 e. The second-order valence-electron chi connectivity index (χ2n) is 7.00. The molecule has 0 radical (unpaired) electrons. The van der Waals surface area contributed by atoms with E-state index < -0.39 is 0 Å². The molecule has 9 heteroatoms. The highest BCUT2D eigenvalue weighted by Gasteiger charge is 2.16. The second kappa shape index (κ2) is 10.9. The van der Waals surface area contributed by atoms with Crippen molar-refractivity contribution in [2.24, 2.45) is 0 Å². The molecule has 3 aromatic carbocycles. The monoisotopic (exact) mass is 479 g/mol. The summed E-state index contributed by atoms with van der Waals surface area (Å²) < 4.78 is 7.11. The first-order valence-electron chi connectivity index (χ1n) is 10.2. The van der Waals surface area contributed by atoms with E-state index >= 15 is 0 Å². The number of halogens is 1. The van der Waals surface area contributed by atoms with E-state index in [0.717, 1.165) is 22.8 Å². The molecule has 0 aliphatic carbocycles. The third-order valence-electron chi connectivity index (χ3n) is 4.70. The predicted molar refractivity (Wildman–Crippen MR) is 132 cm³/mol. The maximum atomic E-state index is 12.4. The van der Waals surface area contributed by atoms with Crippen LogP contribution in [0, 0.1) is 0 Å². The molecule has 33 heavy (non-hydrogen) atoms. The van der Waals surface area contributed by atoms with E-state index in [2.05, 4.69) is 20.8 Å². The molecule has 0 aliphatic heterocycles. The summed E-state index contributed by atoms with van der Waals surface area (Å²) in [5.41, 5.74) is 2.50. The molecule has 0 saturated heterocycles. The Labute approximate surface area is 201 Å². The summed E-state index contributed by atoms with van der Waals surface area (Å²) in [7, 11) is 1.63. The van der Waals surface area contributed by atoms with Gasteiger partial charge in [-0.1, -0.05) is 47.6 Å². The van der Waals surface area contributed by atoms with E-state index in [1.54, 1.807) is 7.11 Å². The molecule has 0 spiro atoms. The van der Waals surface area contributed by atoms with Crippen molar-refractivity contribution in [3.05, 3.63) is 89.7 Å². The lowest BCUT2D eigenvalue weighted by molar-refractivity contribution is -0.113. The first kappa shape index (κ1) is 22.7. The summed E-state index contributed by atoms with van der Waals surface area (Å²) in [4.78, 5) is 12.4. The lowest BCUT2D eigenvalue weighted by atomic mass is 10.3. The Kier molecular flexibility index (Phi) is 7.49. The summed E-state index contributed by atoms with van der Waals surface area (Å²) in [6.07, 6.45) is 0. The molecule has 7 nitrogen and oxygen atoms in total. The van der Waals surface area contributed by atoms with Crippen LogP contribution in [-0.2, 0) is 11.3 Å². The van der Waals surface area contributed by atoms with E-state index in [1.807, 2.05) is 83.4 Å². The van der Waals surface area contributed by atoms with Gasteiger partial charge in [-0.3, -0.25) is 9.36 Å². The van der Waals surface area contributed by atoms with Crippen LogP contribution < -0.4 is 15.4 Å². The molecule has 0 saturated carbocycles. The maximum absolute atomic E-state index is 12.4. The van der Waals surface area contributed by atoms with Gasteiger partial charge in [-0.25, -0.2) is 0 Å². The first-order valence-corrected chi connectivity index (χ1v) is 11.5. The van der Waals surface area contributed by atoms with Gasteiger partial charge in [-0.2, -0.15) is 0 Å². The molecular weight excluding hydrogens is 458 g/mol. The quantitative estimate of drug-likeness (QED) is 0.318. The number of anilines is 2. The number of nitrogens with one attached hydrogen (secondary N) is 2. The lowest BCUT2D eigenvalue weighted by Gasteiger charge is -2.12. The molecule has 168 valence electrons. The molecule has 0 unspecified atom stereocenters. The van der Waals surface area contributed by atoms with Gasteiger partial charge in [0.25, 0.3) is 0 Å². The SMILES string of the molecule is COc1ccc(NCc2nnc(SCC(=O)Nc3ccccc3)n2-c2cccc(Cl)c2)cc1. The zero-order chi connectivity index (χ0) is 23.0. The van der Waals surface area contributed by atoms with Crippen LogP contribution in [0.2, 0.25) is 5.02 Å². The van der Waals surface area contributed by atoms with Crippen LogP contribution in [0.15, 0.2) is 84.0 Å². The number of ether oxygens (including phenoxy) is 1. The van der Waals surface area contributed by atoms with Gasteiger partial charge in [0.15, 0.2) is 11.0 Å². The Morgan fingerprint density at radius 2 is 1.79 bits per heavy atom. The van der Waals surface area contributed by atoms with Crippen molar-refractivity contribution in [1.82, 2.24) is 14.8 Å². The molecule has 4 rings (SSSR count). The molecule has 0 fully saturated rings. The Balaban J connectivity index is 1.51. The number of rotatable bonds is 9. The van der Waals surface area contributed by atoms with Crippen LogP contribution in [0.3, 0.4) is 0 Å². The predicted octanol–water partition coefficient (Wildman–Crippen LogP) is 5.27. The Bertz CT molecular complexity index is 1220. The summed E-state index contributed by atoms with van der Waals surface area (Å²) in [5.74, 6) is 1.55. The molecule has 1 amide bonds. The van der Waals surface area contributed by atoms with Gasteiger partial charge in [0.1, 0.15) is 5.75 Å². The molecule has 1 aromatic heterocycles. The highest BCUT2D eigenvalue weighted by molar-refractivity contribution is 7.99. The molecule has 0 bridgehead atoms. The molecule has 0 atom stereocenters. The van der Waals surface area contributed by atoms with Gasteiger partial charge in [0.05, 0.1) is 25.1 Å². The highest BCUT2D eigenvalue weighted by atomic mass is 35.5. The van der Waals surface area contributed by atoms with E-state index in [9.17, 15) is 4.79 Å². The van der Waals surface area contributed by atoms with Crippen LogP contribution >= 0.6 is 23.4 Å². The van der Waals surface area contributed by atoms with Gasteiger partial charge in [0, 0.05) is 16.4 Å². The Morgan fingerprint density at radius 1 is 1.00 bits per heavy atom. The number of para-hydroxylation sites is 1. The summed E-state index contributed by atoms with van der Waals surface area (Å²) in [5, 5.41) is 16.1. The van der Waals surface area contributed by atoms with Crippen molar-refractivity contribution in [1.29, 1.82) is 0 Å². The largest absolute Gasteiger partial charge is 0.497 e. The maximum Gasteiger partial charge on any atom is 0.234 e. The van der Waals surface area contributed by atoms with Crippen LogP contribution in [0.5, 0.6) is 5.75 Å². The lowest BCUT2D eigenvalue weighted by Crippen LogP contribution is -2.14. The van der Waals surface area contributed by atoms with E-state index in [-0.39, 0.29) is 11.7 Å². The third-order valence-corrected chi connectivity index (χ3v) is 5.86. The standard InChI is InChI=1S/C24H22ClN5O2S/c1-32-21-12-10-18(11-13-21)26-15-22-28-29-24(30(22)20-9-5-6-17(25)14-20)33-16-23(31)27-19-7-3-2-4-8-19/h2-14,26H,15-16H2,1H3,(H,27,31). The average Bonchev–Trinajstić information content (AvgIpc) is 3.25. The summed E-state index contributed by atoms with van der Waals surface area (Å²) >= 11 is 7.55. The zero-order valence-corrected chi connectivity index (χ0v) is 19.4. The van der Waals surface area contributed by atoms with Crippen molar-refractivity contribution in [3.63, 3.8) is 0 Å². The minimum absolute atomic E-state index is 0.121. The van der Waals surface area contributed by atoms with Crippen LogP contribution in [-0.4, -0.2) is 33.5 Å². The fourth-order valence-electron chi connectivity index (χ4n) is 3.12. The average molecular weight is 480 g/mol. The minimum atomic E-state index is -0.121. The molecule has 1 heterocycles. The van der Waals surface area contributed by atoms with Crippen molar-refractivity contribution in [3.8, 4) is 11.4 Å². The van der Waals surface area contributed by atoms with Crippen molar-refractivity contribution in [2.75, 3.05) is 23.5 Å². The number of nitrogens with zero attached hydrogens (tertiary/aromatic N) is 3. The normalized spacial score (nSPS) is 10.6. The zero-order valence-electron chi connectivity index (χ0n) is 17.9. The molecule has 4 aromatic rings. The number of benzene rings is 3. The Morgan fingerprint density at radius 3 is 2.52 bits per heavy atom. The van der Waals surface area contributed by atoms with Crippen molar-refractivity contribution < 1.29 is 9.53 Å². The topological polar surface area (TPSA) is 81.1 Å².